The Labute approximate surface area is 200 Å². The highest BCUT2D eigenvalue weighted by Gasteiger charge is 2.32. The minimum Gasteiger partial charge on any atom is -0.493 e. The van der Waals surface area contributed by atoms with Gasteiger partial charge in [-0.3, -0.25) is 0 Å². The molecule has 0 heterocycles. The third-order valence-electron chi connectivity index (χ3n) is 7.22. The molecule has 0 spiro atoms. The van der Waals surface area contributed by atoms with Crippen LogP contribution in [0.15, 0.2) is 42.5 Å². The van der Waals surface area contributed by atoms with E-state index in [-0.39, 0.29) is 11.3 Å². The van der Waals surface area contributed by atoms with Gasteiger partial charge in [-0.1, -0.05) is 58.9 Å². The third-order valence-corrected chi connectivity index (χ3v) is 7.71. The van der Waals surface area contributed by atoms with E-state index < -0.39 is 15.7 Å². The van der Waals surface area contributed by atoms with Gasteiger partial charge in [0.25, 0.3) is 0 Å². The van der Waals surface area contributed by atoms with Crippen LogP contribution in [-0.2, 0) is 15.5 Å². The molecule has 0 saturated heterocycles. The summed E-state index contributed by atoms with van der Waals surface area (Å²) in [4.78, 5) is 0. The van der Waals surface area contributed by atoms with Gasteiger partial charge in [0.15, 0.2) is 0 Å². The van der Waals surface area contributed by atoms with Gasteiger partial charge in [-0.15, -0.1) is 0 Å². The molecule has 0 aliphatic heterocycles. The van der Waals surface area contributed by atoms with E-state index in [1.165, 1.54) is 5.56 Å². The summed E-state index contributed by atoms with van der Waals surface area (Å²) >= 11 is 0. The molecule has 0 aliphatic rings. The SMILES string of the molecule is CCC(CC)(c1ccc(OCC(C)C(O)(CC)CC)cc1)c1ccc(OS(C)(=O)=O)c(C)c1. The molecule has 33 heavy (non-hydrogen) atoms. The lowest BCUT2D eigenvalue weighted by Gasteiger charge is -2.34. The lowest BCUT2D eigenvalue weighted by Crippen LogP contribution is -2.38. The van der Waals surface area contributed by atoms with Crippen LogP contribution in [0, 0.1) is 12.8 Å². The fraction of sp³-hybridized carbons (Fsp3) is 0.556. The van der Waals surface area contributed by atoms with Gasteiger partial charge in [0.05, 0.1) is 18.5 Å². The number of aryl methyl sites for hydroxylation is 1. The molecule has 6 heteroatoms. The maximum Gasteiger partial charge on any atom is 0.306 e. The maximum absolute atomic E-state index is 11.5. The van der Waals surface area contributed by atoms with Crippen LogP contribution in [0.2, 0.25) is 0 Å². The molecule has 0 aromatic heterocycles. The number of hydrogen-bond acceptors (Lipinski definition) is 5. The van der Waals surface area contributed by atoms with Crippen molar-refractivity contribution >= 4 is 10.1 Å². The molecule has 0 bridgehead atoms. The lowest BCUT2D eigenvalue weighted by atomic mass is 9.70. The molecule has 1 unspecified atom stereocenters. The summed E-state index contributed by atoms with van der Waals surface area (Å²) < 4.78 is 34.2. The monoisotopic (exact) mass is 476 g/mol. The molecule has 2 rings (SSSR count). The first-order valence-corrected chi connectivity index (χ1v) is 13.7. The van der Waals surface area contributed by atoms with Crippen molar-refractivity contribution in [2.24, 2.45) is 5.92 Å². The van der Waals surface area contributed by atoms with E-state index in [0.717, 1.165) is 36.0 Å². The van der Waals surface area contributed by atoms with Crippen molar-refractivity contribution in [1.82, 2.24) is 0 Å². The van der Waals surface area contributed by atoms with Crippen molar-refractivity contribution in [2.75, 3.05) is 12.9 Å². The summed E-state index contributed by atoms with van der Waals surface area (Å²) in [7, 11) is -3.57. The molecule has 0 amide bonds. The third kappa shape index (κ3) is 6.30. The van der Waals surface area contributed by atoms with Crippen LogP contribution in [0.5, 0.6) is 11.5 Å². The average molecular weight is 477 g/mol. The average Bonchev–Trinajstić information content (AvgIpc) is 2.79. The fourth-order valence-corrected chi connectivity index (χ4v) is 5.14. The molecule has 5 nitrogen and oxygen atoms in total. The smallest absolute Gasteiger partial charge is 0.306 e. The Hall–Kier alpha value is -2.05. The molecule has 0 radical (unpaired) electrons. The standard InChI is InChI=1S/C27H40O5S/c1-8-26(9-2,23-14-17-25(20(5)18-23)32-33(7,29)30)22-12-15-24(16-13-22)31-19-21(6)27(28,10-3)11-4/h12-18,21,28H,8-11,19H2,1-7H3. The predicted molar refractivity (Wildman–Crippen MR) is 135 cm³/mol. The van der Waals surface area contributed by atoms with Crippen molar-refractivity contribution in [3.8, 4) is 11.5 Å². The molecule has 0 aliphatic carbocycles. The highest BCUT2D eigenvalue weighted by Crippen LogP contribution is 2.41. The summed E-state index contributed by atoms with van der Waals surface area (Å²) in [5.41, 5.74) is 2.19. The Bertz CT molecular complexity index is 1000. The van der Waals surface area contributed by atoms with Gasteiger partial charge in [0.1, 0.15) is 11.5 Å². The van der Waals surface area contributed by atoms with Crippen molar-refractivity contribution in [1.29, 1.82) is 0 Å². The molecular weight excluding hydrogens is 436 g/mol. The van der Waals surface area contributed by atoms with Crippen LogP contribution in [0.1, 0.15) is 77.0 Å². The fourth-order valence-electron chi connectivity index (χ4n) is 4.63. The molecular formula is C27H40O5S. The summed E-state index contributed by atoms with van der Waals surface area (Å²) in [6, 6.07) is 13.9. The summed E-state index contributed by atoms with van der Waals surface area (Å²) in [5.74, 6) is 1.18. The van der Waals surface area contributed by atoms with Gasteiger partial charge in [-0.25, -0.2) is 0 Å². The number of rotatable bonds is 12. The van der Waals surface area contributed by atoms with E-state index >= 15 is 0 Å². The summed E-state index contributed by atoms with van der Waals surface area (Å²) in [5, 5.41) is 10.7. The zero-order valence-corrected chi connectivity index (χ0v) is 22.0. The van der Waals surface area contributed by atoms with E-state index in [2.05, 4.69) is 26.0 Å². The van der Waals surface area contributed by atoms with Gasteiger partial charge in [-0.05, 0) is 67.5 Å². The molecule has 1 atom stereocenters. The van der Waals surface area contributed by atoms with Crippen molar-refractivity contribution in [2.45, 2.75) is 78.2 Å². The Morgan fingerprint density at radius 1 is 0.909 bits per heavy atom. The summed E-state index contributed by atoms with van der Waals surface area (Å²) in [6.07, 6.45) is 4.25. The van der Waals surface area contributed by atoms with Crippen LogP contribution >= 0.6 is 0 Å². The Balaban J connectivity index is 2.28. The lowest BCUT2D eigenvalue weighted by molar-refractivity contribution is -0.0345. The van der Waals surface area contributed by atoms with E-state index in [9.17, 15) is 13.5 Å². The van der Waals surface area contributed by atoms with Crippen LogP contribution in [0.3, 0.4) is 0 Å². The van der Waals surface area contributed by atoms with Gasteiger partial charge >= 0.3 is 10.1 Å². The highest BCUT2D eigenvalue weighted by molar-refractivity contribution is 7.86. The number of ether oxygens (including phenoxy) is 1. The molecule has 0 saturated carbocycles. The van der Waals surface area contributed by atoms with Crippen molar-refractivity contribution in [3.05, 3.63) is 59.2 Å². The van der Waals surface area contributed by atoms with Crippen LogP contribution < -0.4 is 8.92 Å². The van der Waals surface area contributed by atoms with Gasteiger partial charge in [0, 0.05) is 11.3 Å². The first kappa shape index (κ1) is 27.2. The second-order valence-corrected chi connectivity index (χ2v) is 10.7. The number of benzene rings is 2. The highest BCUT2D eigenvalue weighted by atomic mass is 32.2. The molecule has 2 aromatic carbocycles. The minimum atomic E-state index is -3.57. The number of hydrogen-bond donors (Lipinski definition) is 1. The molecule has 1 N–H and O–H groups in total. The topological polar surface area (TPSA) is 72.8 Å². The number of aliphatic hydroxyl groups is 1. The van der Waals surface area contributed by atoms with Crippen molar-refractivity contribution in [3.63, 3.8) is 0 Å². The van der Waals surface area contributed by atoms with Gasteiger partial charge < -0.3 is 14.0 Å². The van der Waals surface area contributed by atoms with E-state index in [0.29, 0.717) is 25.2 Å². The summed E-state index contributed by atoms with van der Waals surface area (Å²) in [6.45, 7) is 12.7. The van der Waals surface area contributed by atoms with Gasteiger partial charge in [-0.2, -0.15) is 8.42 Å². The van der Waals surface area contributed by atoms with Crippen LogP contribution in [0.4, 0.5) is 0 Å². The quantitative estimate of drug-likeness (QED) is 0.380. The molecule has 0 fully saturated rings. The van der Waals surface area contributed by atoms with Gasteiger partial charge in [0.2, 0.25) is 0 Å². The van der Waals surface area contributed by atoms with E-state index in [1.54, 1.807) is 6.07 Å². The van der Waals surface area contributed by atoms with Crippen LogP contribution in [0.25, 0.3) is 0 Å². The van der Waals surface area contributed by atoms with Crippen LogP contribution in [-0.4, -0.2) is 32.0 Å². The Kier molecular flexibility index (Phi) is 9.00. The first-order chi connectivity index (χ1) is 15.4. The normalized spacial score (nSPS) is 13.6. The zero-order chi connectivity index (χ0) is 24.9. The Morgan fingerprint density at radius 3 is 1.91 bits per heavy atom. The first-order valence-electron chi connectivity index (χ1n) is 11.9. The second-order valence-electron chi connectivity index (χ2n) is 9.10. The molecule has 184 valence electrons. The van der Waals surface area contributed by atoms with Crippen molar-refractivity contribution < 1.29 is 22.4 Å². The van der Waals surface area contributed by atoms with E-state index in [4.69, 9.17) is 8.92 Å². The molecule has 2 aromatic rings. The zero-order valence-electron chi connectivity index (χ0n) is 21.1. The maximum atomic E-state index is 11.5. The second kappa shape index (κ2) is 10.9. The van der Waals surface area contributed by atoms with E-state index in [1.807, 2.05) is 52.0 Å². The predicted octanol–water partition coefficient (Wildman–Crippen LogP) is 6.01. The minimum absolute atomic E-state index is 0.0354. The largest absolute Gasteiger partial charge is 0.493 e. The Morgan fingerprint density at radius 2 is 1.45 bits per heavy atom.